The van der Waals surface area contributed by atoms with Gasteiger partial charge in [-0.1, -0.05) is 19.1 Å². The van der Waals surface area contributed by atoms with E-state index in [1.54, 1.807) is 24.0 Å². The molecule has 2 aromatic carbocycles. The van der Waals surface area contributed by atoms with Gasteiger partial charge in [-0.05, 0) is 61.6 Å². The van der Waals surface area contributed by atoms with E-state index in [1.165, 1.54) is 6.07 Å². The van der Waals surface area contributed by atoms with E-state index in [4.69, 9.17) is 9.15 Å². The number of phenols is 1. The molecule has 2 heterocycles. The maximum absolute atomic E-state index is 13.1. The van der Waals surface area contributed by atoms with Gasteiger partial charge < -0.3 is 19.2 Å². The monoisotopic (exact) mass is 407 g/mol. The molecule has 4 rings (SSSR count). The third-order valence-electron chi connectivity index (χ3n) is 5.62. The molecule has 0 saturated carbocycles. The summed E-state index contributed by atoms with van der Waals surface area (Å²) in [5.41, 5.74) is 3.65. The van der Waals surface area contributed by atoms with E-state index in [-0.39, 0.29) is 11.7 Å². The Labute approximate surface area is 174 Å². The lowest BCUT2D eigenvalue weighted by Gasteiger charge is -2.31. The van der Waals surface area contributed by atoms with Gasteiger partial charge in [0.2, 0.25) is 0 Å². The van der Waals surface area contributed by atoms with Crippen molar-refractivity contribution in [2.75, 3.05) is 6.54 Å². The lowest BCUT2D eigenvalue weighted by Crippen LogP contribution is -2.43. The fourth-order valence-corrected chi connectivity index (χ4v) is 4.12. The van der Waals surface area contributed by atoms with Gasteiger partial charge in [0.25, 0.3) is 5.91 Å². The normalized spacial score (nSPS) is 14.4. The molecule has 1 unspecified atom stereocenters. The van der Waals surface area contributed by atoms with Crippen LogP contribution in [0.25, 0.3) is 11.0 Å². The van der Waals surface area contributed by atoms with E-state index in [2.05, 4.69) is 0 Å². The van der Waals surface area contributed by atoms with E-state index in [9.17, 15) is 14.7 Å². The zero-order valence-corrected chi connectivity index (χ0v) is 17.4. The van der Waals surface area contributed by atoms with Crippen LogP contribution in [0.15, 0.2) is 45.6 Å². The van der Waals surface area contributed by atoms with Gasteiger partial charge in [-0.25, -0.2) is 4.79 Å². The standard InChI is InChI=1S/C24H25NO5/c1-4-16-12-22(27)30-21-11-14(2)10-20(23(16)21)29-15(3)24(28)25-9-8-18-17(13-25)6-5-7-19(18)26/h5-7,10-12,15,26H,4,8-9,13H2,1-3H3. The van der Waals surface area contributed by atoms with Crippen molar-refractivity contribution in [3.8, 4) is 11.5 Å². The van der Waals surface area contributed by atoms with Crippen molar-refractivity contribution in [1.29, 1.82) is 0 Å². The van der Waals surface area contributed by atoms with Gasteiger partial charge in [-0.3, -0.25) is 4.79 Å². The number of aryl methyl sites for hydroxylation is 2. The number of carbonyl (C=O) groups is 1. The van der Waals surface area contributed by atoms with E-state index in [0.717, 1.165) is 27.6 Å². The average Bonchev–Trinajstić information content (AvgIpc) is 2.71. The van der Waals surface area contributed by atoms with Crippen molar-refractivity contribution < 1.29 is 19.1 Å². The Hall–Kier alpha value is -3.28. The van der Waals surface area contributed by atoms with Crippen molar-refractivity contribution in [1.82, 2.24) is 4.90 Å². The maximum atomic E-state index is 13.1. The molecule has 6 heteroatoms. The zero-order valence-electron chi connectivity index (χ0n) is 17.4. The van der Waals surface area contributed by atoms with Crippen molar-refractivity contribution in [2.45, 2.75) is 46.3 Å². The largest absolute Gasteiger partial charge is 0.508 e. The highest BCUT2D eigenvalue weighted by Gasteiger charge is 2.27. The summed E-state index contributed by atoms with van der Waals surface area (Å²) in [6.45, 7) is 6.57. The van der Waals surface area contributed by atoms with Crippen LogP contribution in [0.5, 0.6) is 11.5 Å². The first-order chi connectivity index (χ1) is 14.4. The molecule has 30 heavy (non-hydrogen) atoms. The highest BCUT2D eigenvalue weighted by atomic mass is 16.5. The quantitative estimate of drug-likeness (QED) is 0.667. The Morgan fingerprint density at radius 3 is 2.87 bits per heavy atom. The van der Waals surface area contributed by atoms with Gasteiger partial charge in [0.05, 0.1) is 5.39 Å². The van der Waals surface area contributed by atoms with Crippen LogP contribution < -0.4 is 10.4 Å². The minimum Gasteiger partial charge on any atom is -0.508 e. The molecule has 0 radical (unpaired) electrons. The van der Waals surface area contributed by atoms with Crippen LogP contribution >= 0.6 is 0 Å². The Morgan fingerprint density at radius 2 is 2.10 bits per heavy atom. The number of benzene rings is 2. The Bertz CT molecular complexity index is 1180. The maximum Gasteiger partial charge on any atom is 0.336 e. The molecule has 1 aromatic heterocycles. The average molecular weight is 407 g/mol. The number of aromatic hydroxyl groups is 1. The predicted octanol–water partition coefficient (Wildman–Crippen LogP) is 3.72. The molecule has 1 aliphatic heterocycles. The molecule has 0 aliphatic carbocycles. The second kappa shape index (κ2) is 7.86. The molecular weight excluding hydrogens is 382 g/mol. The number of phenolic OH excluding ortho intramolecular Hbond substituents is 1. The number of carbonyl (C=O) groups excluding carboxylic acids is 1. The molecule has 1 aliphatic rings. The summed E-state index contributed by atoms with van der Waals surface area (Å²) in [7, 11) is 0. The molecule has 1 atom stereocenters. The number of nitrogens with zero attached hydrogens (tertiary/aromatic N) is 1. The van der Waals surface area contributed by atoms with Crippen LogP contribution in [0.4, 0.5) is 0 Å². The molecule has 1 N–H and O–H groups in total. The van der Waals surface area contributed by atoms with Gasteiger partial charge in [0.1, 0.15) is 17.1 Å². The van der Waals surface area contributed by atoms with E-state index in [1.807, 2.05) is 32.0 Å². The summed E-state index contributed by atoms with van der Waals surface area (Å²) in [5, 5.41) is 10.8. The van der Waals surface area contributed by atoms with Crippen LogP contribution in [-0.4, -0.2) is 28.6 Å². The fourth-order valence-electron chi connectivity index (χ4n) is 4.12. The topological polar surface area (TPSA) is 80.0 Å². The Morgan fingerprint density at radius 1 is 1.30 bits per heavy atom. The van der Waals surface area contributed by atoms with Crippen molar-refractivity contribution in [2.24, 2.45) is 0 Å². The number of rotatable bonds is 4. The summed E-state index contributed by atoms with van der Waals surface area (Å²) in [6.07, 6.45) is 0.556. The Kier molecular flexibility index (Phi) is 5.24. The van der Waals surface area contributed by atoms with Gasteiger partial charge in [-0.15, -0.1) is 0 Å². The van der Waals surface area contributed by atoms with Crippen LogP contribution in [-0.2, 0) is 24.2 Å². The summed E-state index contributed by atoms with van der Waals surface area (Å²) in [4.78, 5) is 26.7. The summed E-state index contributed by atoms with van der Waals surface area (Å²) >= 11 is 0. The summed E-state index contributed by atoms with van der Waals surface area (Å²) in [5.74, 6) is 0.708. The number of hydrogen-bond donors (Lipinski definition) is 1. The van der Waals surface area contributed by atoms with Gasteiger partial charge in [0.15, 0.2) is 6.10 Å². The highest BCUT2D eigenvalue weighted by Crippen LogP contribution is 2.32. The smallest absolute Gasteiger partial charge is 0.336 e. The molecule has 0 fully saturated rings. The van der Waals surface area contributed by atoms with Crippen LogP contribution in [0.2, 0.25) is 0 Å². The molecule has 6 nitrogen and oxygen atoms in total. The van der Waals surface area contributed by atoms with Crippen LogP contribution in [0, 0.1) is 6.92 Å². The summed E-state index contributed by atoms with van der Waals surface area (Å²) in [6, 6.07) is 10.6. The molecule has 3 aromatic rings. The van der Waals surface area contributed by atoms with Gasteiger partial charge in [0, 0.05) is 24.7 Å². The van der Waals surface area contributed by atoms with Crippen molar-refractivity contribution >= 4 is 16.9 Å². The lowest BCUT2D eigenvalue weighted by atomic mass is 9.98. The molecule has 0 saturated heterocycles. The molecular formula is C24H25NO5. The third-order valence-corrected chi connectivity index (χ3v) is 5.62. The number of hydrogen-bond acceptors (Lipinski definition) is 5. The first-order valence-electron chi connectivity index (χ1n) is 10.2. The van der Waals surface area contributed by atoms with Gasteiger partial charge in [-0.2, -0.15) is 0 Å². The highest BCUT2D eigenvalue weighted by molar-refractivity contribution is 5.88. The summed E-state index contributed by atoms with van der Waals surface area (Å²) < 4.78 is 11.5. The second-order valence-corrected chi connectivity index (χ2v) is 7.77. The van der Waals surface area contributed by atoms with Crippen molar-refractivity contribution in [3.05, 3.63) is 69.1 Å². The predicted molar refractivity (Wildman–Crippen MR) is 114 cm³/mol. The van der Waals surface area contributed by atoms with Gasteiger partial charge >= 0.3 is 5.63 Å². The third kappa shape index (κ3) is 3.65. The lowest BCUT2D eigenvalue weighted by molar-refractivity contribution is -0.138. The minimum absolute atomic E-state index is 0.117. The molecule has 1 amide bonds. The fraction of sp³-hybridized carbons (Fsp3) is 0.333. The number of amides is 1. The van der Waals surface area contributed by atoms with E-state index in [0.29, 0.717) is 37.3 Å². The van der Waals surface area contributed by atoms with Crippen molar-refractivity contribution in [3.63, 3.8) is 0 Å². The van der Waals surface area contributed by atoms with E-state index >= 15 is 0 Å². The van der Waals surface area contributed by atoms with E-state index < -0.39 is 11.7 Å². The van der Waals surface area contributed by atoms with Crippen LogP contribution in [0.3, 0.4) is 0 Å². The zero-order chi connectivity index (χ0) is 21.4. The first kappa shape index (κ1) is 20.0. The molecule has 0 bridgehead atoms. The molecule has 0 spiro atoms. The van der Waals surface area contributed by atoms with Crippen LogP contribution in [0.1, 0.15) is 36.1 Å². The SMILES string of the molecule is CCc1cc(=O)oc2cc(C)cc(OC(C)C(=O)N3CCc4c(O)cccc4C3)c12. The Balaban J connectivity index is 1.61. The molecule has 156 valence electrons. The number of fused-ring (bicyclic) bond motifs is 2. The minimum atomic E-state index is -0.703. The number of ether oxygens (including phenoxy) is 1. The first-order valence-corrected chi connectivity index (χ1v) is 10.2. The second-order valence-electron chi connectivity index (χ2n) is 7.77.